The molecule has 0 radical (unpaired) electrons. The normalized spacial score (nSPS) is 11.8. The highest BCUT2D eigenvalue weighted by molar-refractivity contribution is 5.83. The maximum atomic E-state index is 12.1. The standard InChI is InChI=1S/C21H21NO3/c1-15(17-8-7-16-5-3-4-6-18(16)13-17)22-21(23)14-25-20-11-9-19(24-2)10-12-20/h3-13,15H,14H2,1-2H3,(H,22,23)/t15-/m0/s1. The maximum absolute atomic E-state index is 12.1. The average Bonchev–Trinajstić information content (AvgIpc) is 2.66. The fraction of sp³-hybridized carbons (Fsp3) is 0.190. The molecule has 0 saturated heterocycles. The molecule has 0 aliphatic heterocycles. The van der Waals surface area contributed by atoms with E-state index < -0.39 is 0 Å². The van der Waals surface area contributed by atoms with Crippen LogP contribution in [0.1, 0.15) is 18.5 Å². The van der Waals surface area contributed by atoms with Crippen LogP contribution in [-0.4, -0.2) is 19.6 Å². The summed E-state index contributed by atoms with van der Waals surface area (Å²) in [5.74, 6) is 1.23. The monoisotopic (exact) mass is 335 g/mol. The van der Waals surface area contributed by atoms with Gasteiger partial charge in [0.25, 0.3) is 5.91 Å². The van der Waals surface area contributed by atoms with E-state index in [0.29, 0.717) is 5.75 Å². The molecule has 128 valence electrons. The minimum atomic E-state index is -0.156. The number of hydrogen-bond acceptors (Lipinski definition) is 3. The molecule has 1 amide bonds. The van der Waals surface area contributed by atoms with Crippen LogP contribution in [0.15, 0.2) is 66.7 Å². The Morgan fingerprint density at radius 2 is 1.64 bits per heavy atom. The summed E-state index contributed by atoms with van der Waals surface area (Å²) in [6.07, 6.45) is 0. The van der Waals surface area contributed by atoms with E-state index in [1.54, 1.807) is 31.4 Å². The third-order valence-electron chi connectivity index (χ3n) is 4.08. The van der Waals surface area contributed by atoms with Crippen LogP contribution in [0.25, 0.3) is 10.8 Å². The van der Waals surface area contributed by atoms with Crippen molar-refractivity contribution < 1.29 is 14.3 Å². The van der Waals surface area contributed by atoms with Gasteiger partial charge >= 0.3 is 0 Å². The van der Waals surface area contributed by atoms with Crippen LogP contribution >= 0.6 is 0 Å². The van der Waals surface area contributed by atoms with Gasteiger partial charge in [0.15, 0.2) is 6.61 Å². The van der Waals surface area contributed by atoms with Crippen molar-refractivity contribution in [2.24, 2.45) is 0 Å². The molecule has 0 heterocycles. The van der Waals surface area contributed by atoms with Crippen molar-refractivity contribution in [2.45, 2.75) is 13.0 Å². The van der Waals surface area contributed by atoms with E-state index in [1.165, 1.54) is 5.39 Å². The molecule has 0 spiro atoms. The Labute approximate surface area is 147 Å². The van der Waals surface area contributed by atoms with Crippen LogP contribution in [0.3, 0.4) is 0 Å². The molecule has 3 rings (SSSR count). The molecule has 25 heavy (non-hydrogen) atoms. The van der Waals surface area contributed by atoms with Crippen LogP contribution in [0.4, 0.5) is 0 Å². The molecule has 4 heteroatoms. The lowest BCUT2D eigenvalue weighted by Gasteiger charge is -2.15. The summed E-state index contributed by atoms with van der Waals surface area (Å²) < 4.78 is 10.6. The zero-order valence-corrected chi connectivity index (χ0v) is 14.4. The van der Waals surface area contributed by atoms with E-state index in [0.717, 1.165) is 16.7 Å². The first kappa shape index (κ1) is 16.8. The Bertz CT molecular complexity index is 858. The van der Waals surface area contributed by atoms with Gasteiger partial charge in [-0.3, -0.25) is 4.79 Å². The van der Waals surface area contributed by atoms with Gasteiger partial charge in [-0.1, -0.05) is 36.4 Å². The van der Waals surface area contributed by atoms with Gasteiger partial charge in [-0.05, 0) is 53.6 Å². The number of carbonyl (C=O) groups excluding carboxylic acids is 1. The Hall–Kier alpha value is -3.01. The van der Waals surface area contributed by atoms with Gasteiger partial charge in [0.05, 0.1) is 13.2 Å². The molecule has 0 aliphatic carbocycles. The highest BCUT2D eigenvalue weighted by Crippen LogP contribution is 2.20. The molecule has 4 nitrogen and oxygen atoms in total. The van der Waals surface area contributed by atoms with E-state index in [4.69, 9.17) is 9.47 Å². The number of hydrogen-bond donors (Lipinski definition) is 1. The molecular formula is C21H21NO3. The Morgan fingerprint density at radius 1 is 0.960 bits per heavy atom. The summed E-state index contributed by atoms with van der Waals surface area (Å²) in [6.45, 7) is 1.94. The van der Waals surface area contributed by atoms with Gasteiger partial charge in [-0.25, -0.2) is 0 Å². The number of rotatable bonds is 6. The lowest BCUT2D eigenvalue weighted by Crippen LogP contribution is -2.31. The van der Waals surface area contributed by atoms with Gasteiger partial charge in [0.2, 0.25) is 0 Å². The number of ether oxygens (including phenoxy) is 2. The fourth-order valence-corrected chi connectivity index (χ4v) is 2.66. The van der Waals surface area contributed by atoms with Crippen LogP contribution in [0.5, 0.6) is 11.5 Å². The van der Waals surface area contributed by atoms with Crippen molar-refractivity contribution >= 4 is 16.7 Å². The zero-order valence-electron chi connectivity index (χ0n) is 14.4. The summed E-state index contributed by atoms with van der Waals surface area (Å²) in [5.41, 5.74) is 1.07. The third-order valence-corrected chi connectivity index (χ3v) is 4.08. The minimum absolute atomic E-state index is 0.0236. The second-order valence-corrected chi connectivity index (χ2v) is 5.86. The van der Waals surface area contributed by atoms with Crippen molar-refractivity contribution in [2.75, 3.05) is 13.7 Å². The summed E-state index contributed by atoms with van der Waals surface area (Å²) in [6, 6.07) is 21.4. The summed E-state index contributed by atoms with van der Waals surface area (Å²) >= 11 is 0. The topological polar surface area (TPSA) is 47.6 Å². The van der Waals surface area contributed by atoms with Crippen LogP contribution in [0, 0.1) is 0 Å². The first-order chi connectivity index (χ1) is 12.2. The molecule has 1 N–H and O–H groups in total. The second-order valence-electron chi connectivity index (χ2n) is 5.86. The second kappa shape index (κ2) is 7.71. The van der Waals surface area contributed by atoms with Crippen molar-refractivity contribution in [3.8, 4) is 11.5 Å². The molecular weight excluding hydrogens is 314 g/mol. The third kappa shape index (κ3) is 4.29. The van der Waals surface area contributed by atoms with Crippen LogP contribution < -0.4 is 14.8 Å². The average molecular weight is 335 g/mol. The predicted octanol–water partition coefficient (Wildman–Crippen LogP) is 4.10. The highest BCUT2D eigenvalue weighted by atomic mass is 16.5. The first-order valence-electron chi connectivity index (χ1n) is 8.20. The number of benzene rings is 3. The van der Waals surface area contributed by atoms with E-state index in [2.05, 4.69) is 29.6 Å². The van der Waals surface area contributed by atoms with E-state index in [-0.39, 0.29) is 18.6 Å². The largest absolute Gasteiger partial charge is 0.497 e. The molecule has 3 aromatic carbocycles. The molecule has 0 aliphatic rings. The summed E-state index contributed by atoms with van der Waals surface area (Å²) in [7, 11) is 1.61. The van der Waals surface area contributed by atoms with E-state index in [1.807, 2.05) is 25.1 Å². The van der Waals surface area contributed by atoms with E-state index in [9.17, 15) is 4.79 Å². The SMILES string of the molecule is COc1ccc(OCC(=O)N[C@@H](C)c2ccc3ccccc3c2)cc1. The van der Waals surface area contributed by atoms with Crippen molar-refractivity contribution in [3.05, 3.63) is 72.3 Å². The highest BCUT2D eigenvalue weighted by Gasteiger charge is 2.10. The van der Waals surface area contributed by atoms with Crippen molar-refractivity contribution in [1.82, 2.24) is 5.32 Å². The zero-order chi connectivity index (χ0) is 17.6. The summed E-state index contributed by atoms with van der Waals surface area (Å²) in [4.78, 5) is 12.1. The molecule has 1 atom stereocenters. The lowest BCUT2D eigenvalue weighted by molar-refractivity contribution is -0.123. The molecule has 0 aromatic heterocycles. The van der Waals surface area contributed by atoms with Gasteiger partial charge in [-0.2, -0.15) is 0 Å². The Balaban J connectivity index is 1.57. The minimum Gasteiger partial charge on any atom is -0.497 e. The predicted molar refractivity (Wildman–Crippen MR) is 99.0 cm³/mol. The number of nitrogens with one attached hydrogen (secondary N) is 1. The fourth-order valence-electron chi connectivity index (χ4n) is 2.66. The molecule has 0 fully saturated rings. The lowest BCUT2D eigenvalue weighted by atomic mass is 10.0. The molecule has 0 bridgehead atoms. The molecule has 3 aromatic rings. The molecule has 0 saturated carbocycles. The molecule has 0 unspecified atom stereocenters. The first-order valence-corrected chi connectivity index (χ1v) is 8.20. The van der Waals surface area contributed by atoms with Crippen LogP contribution in [-0.2, 0) is 4.79 Å². The summed E-state index contributed by atoms with van der Waals surface area (Å²) in [5, 5.41) is 5.32. The van der Waals surface area contributed by atoms with Gasteiger partial charge in [0, 0.05) is 0 Å². The Morgan fingerprint density at radius 3 is 2.36 bits per heavy atom. The quantitative estimate of drug-likeness (QED) is 0.737. The van der Waals surface area contributed by atoms with Gasteiger partial charge < -0.3 is 14.8 Å². The number of amides is 1. The number of fused-ring (bicyclic) bond motifs is 1. The van der Waals surface area contributed by atoms with Gasteiger partial charge in [0.1, 0.15) is 11.5 Å². The number of methoxy groups -OCH3 is 1. The smallest absolute Gasteiger partial charge is 0.258 e. The Kier molecular flexibility index (Phi) is 5.19. The van der Waals surface area contributed by atoms with E-state index >= 15 is 0 Å². The maximum Gasteiger partial charge on any atom is 0.258 e. The van der Waals surface area contributed by atoms with Gasteiger partial charge in [-0.15, -0.1) is 0 Å². The number of carbonyl (C=O) groups is 1. The van der Waals surface area contributed by atoms with Crippen LogP contribution in [0.2, 0.25) is 0 Å². The van der Waals surface area contributed by atoms with Crippen molar-refractivity contribution in [3.63, 3.8) is 0 Å². The van der Waals surface area contributed by atoms with Crippen molar-refractivity contribution in [1.29, 1.82) is 0 Å².